The molecule has 0 radical (unpaired) electrons. The van der Waals surface area contributed by atoms with Crippen LogP contribution in [0.25, 0.3) is 0 Å². The highest BCUT2D eigenvalue weighted by molar-refractivity contribution is 6.30. The maximum Gasteiger partial charge on any atom is 0.0408 e. The molecule has 1 atom stereocenters. The van der Waals surface area contributed by atoms with Crippen LogP contribution in [0.5, 0.6) is 0 Å². The van der Waals surface area contributed by atoms with Gasteiger partial charge in [0.2, 0.25) is 0 Å². The molecular weight excluding hydrogens is 192 g/mol. The molecule has 0 saturated carbocycles. The molecule has 1 aliphatic rings. The van der Waals surface area contributed by atoms with Gasteiger partial charge in [-0.2, -0.15) is 0 Å². The van der Waals surface area contributed by atoms with Crippen LogP contribution in [0.4, 0.5) is 0 Å². The van der Waals surface area contributed by atoms with Gasteiger partial charge >= 0.3 is 0 Å². The SMILES string of the molecule is CC(C)[C@H]1CCCc2cc(Cl)ccc21. The van der Waals surface area contributed by atoms with E-state index < -0.39 is 0 Å². The Morgan fingerprint density at radius 1 is 1.36 bits per heavy atom. The molecule has 1 aromatic rings. The molecule has 0 N–H and O–H groups in total. The van der Waals surface area contributed by atoms with Crippen LogP contribution in [0.2, 0.25) is 5.02 Å². The van der Waals surface area contributed by atoms with Crippen molar-refractivity contribution >= 4 is 11.6 Å². The van der Waals surface area contributed by atoms with E-state index in [-0.39, 0.29) is 0 Å². The molecule has 0 bridgehead atoms. The predicted octanol–water partition coefficient (Wildman–Crippen LogP) is 4.42. The minimum atomic E-state index is 0.746. The van der Waals surface area contributed by atoms with Gasteiger partial charge in [-0.1, -0.05) is 31.5 Å². The molecule has 1 aromatic carbocycles. The maximum absolute atomic E-state index is 6.00. The van der Waals surface area contributed by atoms with Crippen molar-refractivity contribution in [3.63, 3.8) is 0 Å². The zero-order valence-corrected chi connectivity index (χ0v) is 9.64. The number of hydrogen-bond acceptors (Lipinski definition) is 0. The van der Waals surface area contributed by atoms with Crippen molar-refractivity contribution < 1.29 is 0 Å². The lowest BCUT2D eigenvalue weighted by Crippen LogP contribution is -2.14. The Morgan fingerprint density at radius 2 is 2.14 bits per heavy atom. The Kier molecular flexibility index (Phi) is 2.83. The molecule has 0 heterocycles. The highest BCUT2D eigenvalue weighted by atomic mass is 35.5. The summed E-state index contributed by atoms with van der Waals surface area (Å²) in [6.07, 6.45) is 3.86. The van der Waals surface area contributed by atoms with E-state index in [0.717, 1.165) is 16.9 Å². The summed E-state index contributed by atoms with van der Waals surface area (Å²) in [6.45, 7) is 4.63. The summed E-state index contributed by atoms with van der Waals surface area (Å²) in [7, 11) is 0. The highest BCUT2D eigenvalue weighted by Crippen LogP contribution is 2.37. The van der Waals surface area contributed by atoms with Crippen LogP contribution >= 0.6 is 11.6 Å². The van der Waals surface area contributed by atoms with Gasteiger partial charge < -0.3 is 0 Å². The lowest BCUT2D eigenvalue weighted by molar-refractivity contribution is 0.433. The highest BCUT2D eigenvalue weighted by Gasteiger charge is 2.22. The van der Waals surface area contributed by atoms with Crippen LogP contribution in [0.15, 0.2) is 18.2 Å². The average Bonchev–Trinajstić information content (AvgIpc) is 2.16. The molecule has 1 aliphatic carbocycles. The molecule has 76 valence electrons. The van der Waals surface area contributed by atoms with Gasteiger partial charge in [-0.25, -0.2) is 0 Å². The van der Waals surface area contributed by atoms with E-state index in [4.69, 9.17) is 11.6 Å². The van der Waals surface area contributed by atoms with Crippen LogP contribution in [-0.2, 0) is 6.42 Å². The van der Waals surface area contributed by atoms with Gasteiger partial charge in [-0.05, 0) is 54.4 Å². The van der Waals surface area contributed by atoms with E-state index >= 15 is 0 Å². The second-order valence-electron chi connectivity index (χ2n) is 4.59. The Morgan fingerprint density at radius 3 is 2.86 bits per heavy atom. The molecule has 14 heavy (non-hydrogen) atoms. The van der Waals surface area contributed by atoms with Crippen LogP contribution in [0.1, 0.15) is 43.7 Å². The molecule has 0 aliphatic heterocycles. The molecule has 0 nitrogen and oxygen atoms in total. The fourth-order valence-corrected chi connectivity index (χ4v) is 2.71. The summed E-state index contributed by atoms with van der Waals surface area (Å²) in [6, 6.07) is 6.40. The number of halogens is 1. The standard InChI is InChI=1S/C13H17Cl/c1-9(2)12-5-3-4-10-8-11(14)6-7-13(10)12/h6-9,12H,3-5H2,1-2H3/t12-/m1/s1. The van der Waals surface area contributed by atoms with Gasteiger partial charge in [0, 0.05) is 5.02 Å². The van der Waals surface area contributed by atoms with Crippen molar-refractivity contribution in [3.8, 4) is 0 Å². The lowest BCUT2D eigenvalue weighted by Gasteiger charge is -2.28. The van der Waals surface area contributed by atoms with Gasteiger partial charge in [-0.15, -0.1) is 0 Å². The van der Waals surface area contributed by atoms with Gasteiger partial charge in [-0.3, -0.25) is 0 Å². The first-order valence-corrected chi connectivity index (χ1v) is 5.84. The number of aryl methyl sites for hydroxylation is 1. The van der Waals surface area contributed by atoms with E-state index in [2.05, 4.69) is 26.0 Å². The first-order valence-electron chi connectivity index (χ1n) is 5.47. The number of hydrogen-bond donors (Lipinski definition) is 0. The maximum atomic E-state index is 6.00. The molecule has 0 spiro atoms. The van der Waals surface area contributed by atoms with Crippen LogP contribution < -0.4 is 0 Å². The van der Waals surface area contributed by atoms with Gasteiger partial charge in [0.15, 0.2) is 0 Å². The Hall–Kier alpha value is -0.490. The fourth-order valence-electron chi connectivity index (χ4n) is 2.51. The summed E-state index contributed by atoms with van der Waals surface area (Å²) < 4.78 is 0. The summed E-state index contributed by atoms with van der Waals surface area (Å²) in [4.78, 5) is 0. The lowest BCUT2D eigenvalue weighted by atomic mass is 9.77. The second-order valence-corrected chi connectivity index (χ2v) is 5.02. The molecule has 0 unspecified atom stereocenters. The quantitative estimate of drug-likeness (QED) is 0.641. The monoisotopic (exact) mass is 208 g/mol. The minimum absolute atomic E-state index is 0.746. The zero-order chi connectivity index (χ0) is 10.1. The Labute approximate surface area is 91.3 Å². The molecule has 0 aromatic heterocycles. The van der Waals surface area contributed by atoms with E-state index in [9.17, 15) is 0 Å². The molecule has 0 amide bonds. The van der Waals surface area contributed by atoms with E-state index in [1.807, 2.05) is 6.07 Å². The third kappa shape index (κ3) is 1.81. The fraction of sp³-hybridized carbons (Fsp3) is 0.538. The van der Waals surface area contributed by atoms with Crippen LogP contribution in [-0.4, -0.2) is 0 Å². The average molecular weight is 209 g/mol. The summed E-state index contributed by atoms with van der Waals surface area (Å²) in [5.74, 6) is 1.49. The van der Waals surface area contributed by atoms with Crippen molar-refractivity contribution in [1.82, 2.24) is 0 Å². The summed E-state index contributed by atoms with van der Waals surface area (Å²) >= 11 is 6.00. The number of fused-ring (bicyclic) bond motifs is 1. The van der Waals surface area contributed by atoms with E-state index in [0.29, 0.717) is 0 Å². The van der Waals surface area contributed by atoms with E-state index in [1.165, 1.54) is 30.4 Å². The first-order chi connectivity index (χ1) is 6.68. The second kappa shape index (κ2) is 3.94. The third-order valence-corrected chi connectivity index (χ3v) is 3.51. The summed E-state index contributed by atoms with van der Waals surface area (Å²) in [5, 5.41) is 0.883. The summed E-state index contributed by atoms with van der Waals surface area (Å²) in [5.41, 5.74) is 3.01. The molecule has 1 heteroatoms. The van der Waals surface area contributed by atoms with Crippen LogP contribution in [0.3, 0.4) is 0 Å². The van der Waals surface area contributed by atoms with Gasteiger partial charge in [0.05, 0.1) is 0 Å². The minimum Gasteiger partial charge on any atom is -0.0843 e. The molecule has 2 rings (SSSR count). The topological polar surface area (TPSA) is 0 Å². The Balaban J connectivity index is 2.40. The largest absolute Gasteiger partial charge is 0.0843 e. The molecular formula is C13H17Cl. The molecule has 0 fully saturated rings. The van der Waals surface area contributed by atoms with Gasteiger partial charge in [0.1, 0.15) is 0 Å². The number of rotatable bonds is 1. The third-order valence-electron chi connectivity index (χ3n) is 3.27. The number of benzene rings is 1. The molecule has 0 saturated heterocycles. The Bertz CT molecular complexity index is 328. The van der Waals surface area contributed by atoms with E-state index in [1.54, 1.807) is 0 Å². The van der Waals surface area contributed by atoms with Crippen molar-refractivity contribution in [3.05, 3.63) is 34.3 Å². The zero-order valence-electron chi connectivity index (χ0n) is 8.89. The smallest absolute Gasteiger partial charge is 0.0408 e. The van der Waals surface area contributed by atoms with Crippen molar-refractivity contribution in [2.75, 3.05) is 0 Å². The van der Waals surface area contributed by atoms with Gasteiger partial charge in [0.25, 0.3) is 0 Å². The normalized spacial score (nSPS) is 21.0. The van der Waals surface area contributed by atoms with Crippen molar-refractivity contribution in [2.45, 2.75) is 39.0 Å². The van der Waals surface area contributed by atoms with Crippen molar-refractivity contribution in [2.24, 2.45) is 5.92 Å². The van der Waals surface area contributed by atoms with Crippen LogP contribution in [0, 0.1) is 5.92 Å². The first kappa shape index (κ1) is 10.0. The van der Waals surface area contributed by atoms with Crippen molar-refractivity contribution in [1.29, 1.82) is 0 Å². The predicted molar refractivity (Wildman–Crippen MR) is 62.0 cm³/mol.